The Kier molecular flexibility index (Phi) is 4.76. The van der Waals surface area contributed by atoms with Gasteiger partial charge in [-0.15, -0.1) is 11.3 Å². The quantitative estimate of drug-likeness (QED) is 0.892. The SMILES string of the molecule is CC(C)c1nc(CN(C)C2CCCC2CN)cs1. The van der Waals surface area contributed by atoms with Crippen LogP contribution in [-0.4, -0.2) is 29.5 Å². The molecule has 0 aliphatic heterocycles. The highest BCUT2D eigenvalue weighted by Crippen LogP contribution is 2.29. The molecule has 1 heterocycles. The van der Waals surface area contributed by atoms with E-state index < -0.39 is 0 Å². The van der Waals surface area contributed by atoms with Gasteiger partial charge in [-0.25, -0.2) is 4.98 Å². The summed E-state index contributed by atoms with van der Waals surface area (Å²) in [5.74, 6) is 1.22. The average Bonchev–Trinajstić information content (AvgIpc) is 2.96. The van der Waals surface area contributed by atoms with Gasteiger partial charge in [0.25, 0.3) is 0 Å². The normalized spacial score (nSPS) is 24.3. The first-order valence-electron chi connectivity index (χ1n) is 6.96. The molecule has 2 N–H and O–H groups in total. The third-order valence-electron chi connectivity index (χ3n) is 3.96. The molecule has 4 heteroatoms. The first-order chi connectivity index (χ1) is 8.61. The predicted octanol–water partition coefficient (Wildman–Crippen LogP) is 2.83. The third-order valence-corrected chi connectivity index (χ3v) is 5.16. The lowest BCUT2D eigenvalue weighted by atomic mass is 10.0. The second-order valence-electron chi connectivity index (χ2n) is 5.74. The van der Waals surface area contributed by atoms with E-state index in [1.54, 1.807) is 11.3 Å². The van der Waals surface area contributed by atoms with Crippen molar-refractivity contribution >= 4 is 11.3 Å². The second kappa shape index (κ2) is 6.13. The van der Waals surface area contributed by atoms with Crippen LogP contribution in [0.3, 0.4) is 0 Å². The Morgan fingerprint density at radius 2 is 2.28 bits per heavy atom. The molecule has 1 fully saturated rings. The molecule has 3 nitrogen and oxygen atoms in total. The lowest BCUT2D eigenvalue weighted by Crippen LogP contribution is -2.37. The van der Waals surface area contributed by atoms with Gasteiger partial charge in [0.05, 0.1) is 10.7 Å². The van der Waals surface area contributed by atoms with Crippen LogP contribution in [0.15, 0.2) is 5.38 Å². The number of nitrogens with zero attached hydrogens (tertiary/aromatic N) is 2. The van der Waals surface area contributed by atoms with Crippen LogP contribution < -0.4 is 5.73 Å². The van der Waals surface area contributed by atoms with E-state index in [2.05, 4.69) is 31.2 Å². The maximum absolute atomic E-state index is 5.86. The topological polar surface area (TPSA) is 42.2 Å². The Balaban J connectivity index is 1.95. The van der Waals surface area contributed by atoms with Gasteiger partial charge in [0.1, 0.15) is 0 Å². The first kappa shape index (κ1) is 14.0. The van der Waals surface area contributed by atoms with Crippen LogP contribution in [-0.2, 0) is 6.54 Å². The molecule has 0 radical (unpaired) electrons. The van der Waals surface area contributed by atoms with Crippen molar-refractivity contribution in [3.63, 3.8) is 0 Å². The molecule has 1 aliphatic carbocycles. The van der Waals surface area contributed by atoms with Gasteiger partial charge in [-0.1, -0.05) is 20.3 Å². The van der Waals surface area contributed by atoms with Crippen molar-refractivity contribution in [3.8, 4) is 0 Å². The molecule has 2 atom stereocenters. The zero-order chi connectivity index (χ0) is 13.1. The number of nitrogens with two attached hydrogens (primary N) is 1. The van der Waals surface area contributed by atoms with Crippen molar-refractivity contribution in [1.29, 1.82) is 0 Å². The highest BCUT2D eigenvalue weighted by Gasteiger charge is 2.29. The molecule has 1 aromatic rings. The molecular weight excluding hydrogens is 242 g/mol. The molecule has 0 aromatic carbocycles. The Morgan fingerprint density at radius 3 is 2.89 bits per heavy atom. The van der Waals surface area contributed by atoms with E-state index in [-0.39, 0.29) is 0 Å². The van der Waals surface area contributed by atoms with Gasteiger partial charge in [0, 0.05) is 23.9 Å². The Labute approximate surface area is 114 Å². The van der Waals surface area contributed by atoms with Crippen LogP contribution in [0.5, 0.6) is 0 Å². The molecule has 2 rings (SSSR count). The van der Waals surface area contributed by atoms with Gasteiger partial charge in [-0.05, 0) is 32.4 Å². The van der Waals surface area contributed by atoms with Crippen LogP contribution in [0, 0.1) is 5.92 Å². The summed E-state index contributed by atoms with van der Waals surface area (Å²) in [4.78, 5) is 7.17. The van der Waals surface area contributed by atoms with Crippen molar-refractivity contribution in [1.82, 2.24) is 9.88 Å². The van der Waals surface area contributed by atoms with E-state index in [0.717, 1.165) is 13.1 Å². The molecule has 0 spiro atoms. The molecule has 0 bridgehead atoms. The summed E-state index contributed by atoms with van der Waals surface area (Å²) in [6.07, 6.45) is 3.91. The highest BCUT2D eigenvalue weighted by molar-refractivity contribution is 7.09. The van der Waals surface area contributed by atoms with E-state index in [1.807, 2.05) is 0 Å². The molecule has 1 aliphatic rings. The number of aromatic nitrogens is 1. The average molecular weight is 267 g/mol. The van der Waals surface area contributed by atoms with E-state index in [9.17, 15) is 0 Å². The first-order valence-corrected chi connectivity index (χ1v) is 7.84. The van der Waals surface area contributed by atoms with Crippen LogP contribution in [0.2, 0.25) is 0 Å². The molecule has 2 unspecified atom stereocenters. The molecular formula is C14H25N3S. The van der Waals surface area contributed by atoms with Crippen molar-refractivity contribution in [2.24, 2.45) is 11.7 Å². The second-order valence-corrected chi connectivity index (χ2v) is 6.63. The Bertz CT molecular complexity index is 375. The summed E-state index contributed by atoms with van der Waals surface area (Å²) in [6.45, 7) is 6.19. The molecule has 0 amide bonds. The van der Waals surface area contributed by atoms with Gasteiger partial charge in [0.15, 0.2) is 0 Å². The summed E-state index contributed by atoms with van der Waals surface area (Å²) in [5.41, 5.74) is 7.08. The summed E-state index contributed by atoms with van der Waals surface area (Å²) in [6, 6.07) is 0.652. The van der Waals surface area contributed by atoms with Crippen molar-refractivity contribution in [3.05, 3.63) is 16.1 Å². The molecule has 1 saturated carbocycles. The highest BCUT2D eigenvalue weighted by atomic mass is 32.1. The number of rotatable bonds is 5. The van der Waals surface area contributed by atoms with Crippen LogP contribution in [0.4, 0.5) is 0 Å². The molecule has 1 aromatic heterocycles. The monoisotopic (exact) mass is 267 g/mol. The number of thiazole rings is 1. The summed E-state index contributed by atoms with van der Waals surface area (Å²) in [5, 5.41) is 3.46. The minimum atomic E-state index is 0.539. The summed E-state index contributed by atoms with van der Waals surface area (Å²) >= 11 is 1.79. The van der Waals surface area contributed by atoms with Gasteiger partial charge < -0.3 is 5.73 Å². The minimum Gasteiger partial charge on any atom is -0.330 e. The van der Waals surface area contributed by atoms with Crippen molar-refractivity contribution in [2.45, 2.75) is 51.6 Å². The molecule has 102 valence electrons. The van der Waals surface area contributed by atoms with E-state index >= 15 is 0 Å². The minimum absolute atomic E-state index is 0.539. The van der Waals surface area contributed by atoms with Crippen molar-refractivity contribution in [2.75, 3.05) is 13.6 Å². The zero-order valence-corrected chi connectivity index (χ0v) is 12.5. The van der Waals surface area contributed by atoms with Crippen LogP contribution >= 0.6 is 11.3 Å². The number of hydrogen-bond acceptors (Lipinski definition) is 4. The fourth-order valence-corrected chi connectivity index (χ4v) is 3.73. The summed E-state index contributed by atoms with van der Waals surface area (Å²) < 4.78 is 0. The lowest BCUT2D eigenvalue weighted by molar-refractivity contribution is 0.191. The fraction of sp³-hybridized carbons (Fsp3) is 0.786. The molecule has 18 heavy (non-hydrogen) atoms. The zero-order valence-electron chi connectivity index (χ0n) is 11.7. The Morgan fingerprint density at radius 1 is 1.50 bits per heavy atom. The van der Waals surface area contributed by atoms with Crippen LogP contribution in [0.25, 0.3) is 0 Å². The van der Waals surface area contributed by atoms with E-state index in [1.165, 1.54) is 30.0 Å². The maximum Gasteiger partial charge on any atom is 0.0954 e. The fourth-order valence-electron chi connectivity index (χ4n) is 2.91. The molecule has 0 saturated heterocycles. The van der Waals surface area contributed by atoms with E-state index in [4.69, 9.17) is 10.7 Å². The number of hydrogen-bond donors (Lipinski definition) is 1. The smallest absolute Gasteiger partial charge is 0.0954 e. The van der Waals surface area contributed by atoms with Gasteiger partial charge >= 0.3 is 0 Å². The van der Waals surface area contributed by atoms with Gasteiger partial charge in [-0.2, -0.15) is 0 Å². The Hall–Kier alpha value is -0.450. The lowest BCUT2D eigenvalue weighted by Gasteiger charge is -2.28. The van der Waals surface area contributed by atoms with Gasteiger partial charge in [0.2, 0.25) is 0 Å². The van der Waals surface area contributed by atoms with Gasteiger partial charge in [-0.3, -0.25) is 4.90 Å². The predicted molar refractivity (Wildman–Crippen MR) is 77.9 cm³/mol. The standard InChI is InChI=1S/C14H25N3S/c1-10(2)14-16-12(9-18-14)8-17(3)13-6-4-5-11(13)7-15/h9-11,13H,4-8,15H2,1-3H3. The van der Waals surface area contributed by atoms with E-state index in [0.29, 0.717) is 17.9 Å². The van der Waals surface area contributed by atoms with Crippen molar-refractivity contribution < 1.29 is 0 Å². The van der Waals surface area contributed by atoms with Crippen LogP contribution in [0.1, 0.15) is 49.7 Å². The third kappa shape index (κ3) is 3.11. The maximum atomic E-state index is 5.86. The summed E-state index contributed by atoms with van der Waals surface area (Å²) in [7, 11) is 2.22. The largest absolute Gasteiger partial charge is 0.330 e.